The number of aliphatic hydroxyl groups excluding tert-OH is 1. The highest BCUT2D eigenvalue weighted by Crippen LogP contribution is 2.36. The van der Waals surface area contributed by atoms with Gasteiger partial charge in [-0.1, -0.05) is 24.3 Å². The van der Waals surface area contributed by atoms with Crippen LogP contribution in [0.1, 0.15) is 18.9 Å². The standard InChI is InChI=1S/C19H15FN4O3/c1-9(25)18-21-16-11-6-3-5-10(14-12(20)7-4-8-13(14)27-2)15(11)23-24-17(16)19(26)22-18/h3-9,25H,1-2H3,(H,21,22,26). The summed E-state index contributed by atoms with van der Waals surface area (Å²) in [6, 6.07) is 9.68. The fourth-order valence-electron chi connectivity index (χ4n) is 3.04. The molecule has 0 amide bonds. The molecule has 4 aromatic rings. The van der Waals surface area contributed by atoms with E-state index in [1.54, 1.807) is 30.3 Å². The number of benzene rings is 2. The van der Waals surface area contributed by atoms with Crippen molar-refractivity contribution < 1.29 is 14.2 Å². The predicted octanol–water partition coefficient (Wildman–Crippen LogP) is 2.73. The number of aliphatic hydroxyl groups is 1. The topological polar surface area (TPSA) is 101 Å². The third-order valence-electron chi connectivity index (χ3n) is 4.31. The van der Waals surface area contributed by atoms with E-state index < -0.39 is 17.5 Å². The van der Waals surface area contributed by atoms with Crippen LogP contribution in [-0.4, -0.2) is 32.4 Å². The van der Waals surface area contributed by atoms with E-state index in [4.69, 9.17) is 4.74 Å². The Labute approximate surface area is 152 Å². The average Bonchev–Trinajstić information content (AvgIpc) is 2.67. The molecule has 2 aromatic heterocycles. The van der Waals surface area contributed by atoms with Crippen LogP contribution in [0, 0.1) is 5.82 Å². The van der Waals surface area contributed by atoms with Gasteiger partial charge in [-0.05, 0) is 19.1 Å². The molecule has 4 rings (SSSR count). The van der Waals surface area contributed by atoms with Gasteiger partial charge in [0, 0.05) is 10.9 Å². The van der Waals surface area contributed by atoms with Crippen LogP contribution in [0.2, 0.25) is 0 Å². The maximum Gasteiger partial charge on any atom is 0.279 e. The molecule has 2 heterocycles. The second-order valence-corrected chi connectivity index (χ2v) is 6.04. The minimum absolute atomic E-state index is 0.0459. The summed E-state index contributed by atoms with van der Waals surface area (Å²) >= 11 is 0. The Balaban J connectivity index is 2.12. The lowest BCUT2D eigenvalue weighted by Crippen LogP contribution is -2.15. The maximum atomic E-state index is 14.6. The largest absolute Gasteiger partial charge is 0.496 e. The smallest absolute Gasteiger partial charge is 0.279 e. The number of aromatic amines is 1. The molecule has 136 valence electrons. The summed E-state index contributed by atoms with van der Waals surface area (Å²) in [5.74, 6) is 0.0101. The zero-order valence-electron chi connectivity index (χ0n) is 14.5. The molecule has 0 aliphatic heterocycles. The number of hydrogen-bond acceptors (Lipinski definition) is 6. The third kappa shape index (κ3) is 2.70. The van der Waals surface area contributed by atoms with Crippen LogP contribution >= 0.6 is 0 Å². The molecule has 2 N–H and O–H groups in total. The quantitative estimate of drug-likeness (QED) is 0.541. The van der Waals surface area contributed by atoms with Gasteiger partial charge in [0.05, 0.1) is 12.7 Å². The Morgan fingerprint density at radius 1 is 1.11 bits per heavy atom. The SMILES string of the molecule is COc1cccc(F)c1-c1cccc2c1nnc1c(=O)[nH]c(C(C)O)nc12. The highest BCUT2D eigenvalue weighted by Gasteiger charge is 2.18. The molecule has 8 heteroatoms. The third-order valence-corrected chi connectivity index (χ3v) is 4.31. The van der Waals surface area contributed by atoms with Crippen molar-refractivity contribution in [2.45, 2.75) is 13.0 Å². The van der Waals surface area contributed by atoms with Gasteiger partial charge in [-0.2, -0.15) is 0 Å². The molecule has 7 nitrogen and oxygen atoms in total. The number of ether oxygens (including phenoxy) is 1. The number of nitrogens with zero attached hydrogens (tertiary/aromatic N) is 3. The molecule has 0 bridgehead atoms. The van der Waals surface area contributed by atoms with E-state index in [9.17, 15) is 14.3 Å². The molecule has 0 saturated carbocycles. The molecule has 27 heavy (non-hydrogen) atoms. The highest BCUT2D eigenvalue weighted by molar-refractivity contribution is 6.06. The fraction of sp³-hybridized carbons (Fsp3) is 0.158. The highest BCUT2D eigenvalue weighted by atomic mass is 19.1. The Kier molecular flexibility index (Phi) is 4.04. The van der Waals surface area contributed by atoms with Gasteiger partial charge in [0.1, 0.15) is 34.5 Å². The molecule has 0 radical (unpaired) electrons. The molecule has 1 unspecified atom stereocenters. The molecule has 0 aliphatic carbocycles. The van der Waals surface area contributed by atoms with Crippen molar-refractivity contribution in [1.82, 2.24) is 20.2 Å². The van der Waals surface area contributed by atoms with Crippen LogP contribution in [0.15, 0.2) is 41.2 Å². The summed E-state index contributed by atoms with van der Waals surface area (Å²) in [6.07, 6.45) is -0.958. The van der Waals surface area contributed by atoms with Gasteiger partial charge in [-0.15, -0.1) is 10.2 Å². The van der Waals surface area contributed by atoms with E-state index >= 15 is 0 Å². The lowest BCUT2D eigenvalue weighted by molar-refractivity contribution is 0.189. The summed E-state index contributed by atoms with van der Waals surface area (Å²) in [4.78, 5) is 19.1. The van der Waals surface area contributed by atoms with Crippen molar-refractivity contribution >= 4 is 21.9 Å². The average molecular weight is 366 g/mol. The van der Waals surface area contributed by atoms with Gasteiger partial charge in [0.25, 0.3) is 5.56 Å². The van der Waals surface area contributed by atoms with Gasteiger partial charge in [-0.25, -0.2) is 9.37 Å². The van der Waals surface area contributed by atoms with Gasteiger partial charge < -0.3 is 14.8 Å². The van der Waals surface area contributed by atoms with Crippen LogP contribution in [0.5, 0.6) is 5.75 Å². The molecular formula is C19H15FN4O3. The minimum Gasteiger partial charge on any atom is -0.496 e. The molecule has 2 aromatic carbocycles. The number of fused-ring (bicyclic) bond motifs is 3. The van der Waals surface area contributed by atoms with Crippen molar-refractivity contribution in [3.8, 4) is 16.9 Å². The molecule has 0 aliphatic rings. The summed E-state index contributed by atoms with van der Waals surface area (Å²) in [6.45, 7) is 1.50. The molecular weight excluding hydrogens is 351 g/mol. The zero-order chi connectivity index (χ0) is 19.1. The molecule has 0 spiro atoms. The van der Waals surface area contributed by atoms with Crippen LogP contribution < -0.4 is 10.3 Å². The molecule has 0 saturated heterocycles. The first kappa shape index (κ1) is 17.0. The van der Waals surface area contributed by atoms with Crippen molar-refractivity contribution in [2.75, 3.05) is 7.11 Å². The number of methoxy groups -OCH3 is 1. The Morgan fingerprint density at radius 2 is 1.85 bits per heavy atom. The number of H-pyrrole nitrogens is 1. The normalized spacial score (nSPS) is 12.4. The number of rotatable bonds is 3. The Hall–Kier alpha value is -3.39. The monoisotopic (exact) mass is 366 g/mol. The summed E-state index contributed by atoms with van der Waals surface area (Å²) < 4.78 is 19.9. The lowest BCUT2D eigenvalue weighted by atomic mass is 10.00. The van der Waals surface area contributed by atoms with E-state index in [2.05, 4.69) is 20.2 Å². The van der Waals surface area contributed by atoms with E-state index in [0.29, 0.717) is 22.2 Å². The minimum atomic E-state index is -0.958. The van der Waals surface area contributed by atoms with Crippen LogP contribution in [-0.2, 0) is 0 Å². The number of hydrogen-bond donors (Lipinski definition) is 2. The van der Waals surface area contributed by atoms with Crippen LogP contribution in [0.4, 0.5) is 4.39 Å². The Morgan fingerprint density at radius 3 is 2.59 bits per heavy atom. The van der Waals surface area contributed by atoms with Crippen molar-refractivity contribution in [2.24, 2.45) is 0 Å². The second-order valence-electron chi connectivity index (χ2n) is 6.04. The van der Waals surface area contributed by atoms with Crippen molar-refractivity contribution in [1.29, 1.82) is 0 Å². The number of nitrogens with one attached hydrogen (secondary N) is 1. The van der Waals surface area contributed by atoms with Gasteiger partial charge >= 0.3 is 0 Å². The van der Waals surface area contributed by atoms with E-state index in [1.165, 1.54) is 20.1 Å². The first-order valence-electron chi connectivity index (χ1n) is 8.21. The lowest BCUT2D eigenvalue weighted by Gasteiger charge is -2.12. The summed E-state index contributed by atoms with van der Waals surface area (Å²) in [7, 11) is 1.46. The van der Waals surface area contributed by atoms with Gasteiger partial charge in [-0.3, -0.25) is 4.79 Å². The first-order valence-corrected chi connectivity index (χ1v) is 8.21. The van der Waals surface area contributed by atoms with E-state index in [-0.39, 0.29) is 22.4 Å². The van der Waals surface area contributed by atoms with Crippen LogP contribution in [0.25, 0.3) is 33.1 Å². The first-order chi connectivity index (χ1) is 13.0. The molecule has 0 fully saturated rings. The number of halogens is 1. The van der Waals surface area contributed by atoms with Gasteiger partial charge in [0.15, 0.2) is 5.52 Å². The van der Waals surface area contributed by atoms with Crippen molar-refractivity contribution in [3.63, 3.8) is 0 Å². The molecule has 1 atom stereocenters. The fourth-order valence-corrected chi connectivity index (χ4v) is 3.04. The Bertz CT molecular complexity index is 1240. The number of aromatic nitrogens is 4. The maximum absolute atomic E-state index is 14.6. The summed E-state index contributed by atoms with van der Waals surface area (Å²) in [5.41, 5.74) is 0.931. The summed E-state index contributed by atoms with van der Waals surface area (Å²) in [5, 5.41) is 18.4. The van der Waals surface area contributed by atoms with Crippen molar-refractivity contribution in [3.05, 3.63) is 58.4 Å². The predicted molar refractivity (Wildman–Crippen MR) is 98.0 cm³/mol. The zero-order valence-corrected chi connectivity index (χ0v) is 14.5. The van der Waals surface area contributed by atoms with E-state index in [0.717, 1.165) is 0 Å². The van der Waals surface area contributed by atoms with Gasteiger partial charge in [0.2, 0.25) is 0 Å². The second kappa shape index (κ2) is 6.40. The van der Waals surface area contributed by atoms with Crippen LogP contribution in [0.3, 0.4) is 0 Å². The van der Waals surface area contributed by atoms with E-state index in [1.807, 2.05) is 0 Å².